The molecule has 1 amide bonds. The van der Waals surface area contributed by atoms with E-state index in [2.05, 4.69) is 36.2 Å². The fourth-order valence-electron chi connectivity index (χ4n) is 2.46. The van der Waals surface area contributed by atoms with Gasteiger partial charge >= 0.3 is 0 Å². The second-order valence-electron chi connectivity index (χ2n) is 7.64. The van der Waals surface area contributed by atoms with Crippen molar-refractivity contribution in [2.24, 2.45) is 11.1 Å². The van der Waals surface area contributed by atoms with Crippen LogP contribution in [0.3, 0.4) is 0 Å². The SMILES string of the molecule is CC(C)(C)CNC(=O)c1ccc(-c2nc(-c3ccc(CN)cc3)no2)cc1. The van der Waals surface area contributed by atoms with Gasteiger partial charge in [0.1, 0.15) is 0 Å². The molecule has 1 aromatic heterocycles. The Morgan fingerprint density at radius 3 is 2.26 bits per heavy atom. The van der Waals surface area contributed by atoms with Gasteiger partial charge in [-0.25, -0.2) is 0 Å². The number of rotatable bonds is 5. The summed E-state index contributed by atoms with van der Waals surface area (Å²) in [5.41, 5.74) is 8.92. The van der Waals surface area contributed by atoms with Gasteiger partial charge in [-0.05, 0) is 35.2 Å². The van der Waals surface area contributed by atoms with Crippen molar-refractivity contribution in [2.75, 3.05) is 6.54 Å². The van der Waals surface area contributed by atoms with Crippen LogP contribution in [0.5, 0.6) is 0 Å². The summed E-state index contributed by atoms with van der Waals surface area (Å²) in [5, 5.41) is 6.97. The van der Waals surface area contributed by atoms with Crippen molar-refractivity contribution in [1.82, 2.24) is 15.5 Å². The highest BCUT2D eigenvalue weighted by Crippen LogP contribution is 2.23. The first-order valence-corrected chi connectivity index (χ1v) is 8.87. The highest BCUT2D eigenvalue weighted by molar-refractivity contribution is 5.94. The zero-order valence-corrected chi connectivity index (χ0v) is 15.8. The molecule has 6 nitrogen and oxygen atoms in total. The van der Waals surface area contributed by atoms with Crippen LogP contribution in [0.4, 0.5) is 0 Å². The third-order valence-corrected chi connectivity index (χ3v) is 4.05. The molecule has 2 aromatic carbocycles. The fraction of sp³-hybridized carbons (Fsp3) is 0.286. The first-order chi connectivity index (χ1) is 12.9. The number of carbonyl (C=O) groups is 1. The Morgan fingerprint density at radius 2 is 1.67 bits per heavy atom. The summed E-state index contributed by atoms with van der Waals surface area (Å²) in [6.45, 7) is 7.34. The molecule has 0 unspecified atom stereocenters. The van der Waals surface area contributed by atoms with Gasteiger partial charge in [0.15, 0.2) is 0 Å². The Morgan fingerprint density at radius 1 is 1.04 bits per heavy atom. The molecule has 0 aliphatic heterocycles. The Labute approximate surface area is 158 Å². The minimum Gasteiger partial charge on any atom is -0.352 e. The third-order valence-electron chi connectivity index (χ3n) is 4.05. The number of amides is 1. The molecule has 140 valence electrons. The molecule has 27 heavy (non-hydrogen) atoms. The number of nitrogens with one attached hydrogen (secondary N) is 1. The Kier molecular flexibility index (Phi) is 5.37. The Hall–Kier alpha value is -2.99. The van der Waals surface area contributed by atoms with Crippen LogP contribution >= 0.6 is 0 Å². The second kappa shape index (κ2) is 7.72. The zero-order valence-electron chi connectivity index (χ0n) is 15.8. The maximum atomic E-state index is 12.2. The smallest absolute Gasteiger partial charge is 0.258 e. The van der Waals surface area contributed by atoms with Crippen LogP contribution in [0.25, 0.3) is 22.8 Å². The Bertz CT molecular complexity index is 907. The van der Waals surface area contributed by atoms with E-state index in [-0.39, 0.29) is 11.3 Å². The third kappa shape index (κ3) is 4.80. The second-order valence-corrected chi connectivity index (χ2v) is 7.64. The van der Waals surface area contributed by atoms with Crippen molar-refractivity contribution in [2.45, 2.75) is 27.3 Å². The van der Waals surface area contributed by atoms with Crippen LogP contribution in [0.15, 0.2) is 53.1 Å². The lowest BCUT2D eigenvalue weighted by atomic mass is 9.97. The number of benzene rings is 2. The predicted molar refractivity (Wildman–Crippen MR) is 105 cm³/mol. The topological polar surface area (TPSA) is 94.0 Å². The molecular formula is C21H24N4O2. The van der Waals surface area contributed by atoms with Crippen LogP contribution in [-0.4, -0.2) is 22.6 Å². The van der Waals surface area contributed by atoms with E-state index in [0.29, 0.717) is 30.4 Å². The molecule has 0 saturated heterocycles. The van der Waals surface area contributed by atoms with Crippen molar-refractivity contribution in [3.05, 3.63) is 59.7 Å². The van der Waals surface area contributed by atoms with E-state index in [0.717, 1.165) is 16.7 Å². The van der Waals surface area contributed by atoms with Gasteiger partial charge in [0, 0.05) is 29.8 Å². The van der Waals surface area contributed by atoms with E-state index in [9.17, 15) is 4.79 Å². The van der Waals surface area contributed by atoms with E-state index in [4.69, 9.17) is 10.3 Å². The fourth-order valence-corrected chi connectivity index (χ4v) is 2.46. The quantitative estimate of drug-likeness (QED) is 0.721. The van der Waals surface area contributed by atoms with E-state index >= 15 is 0 Å². The highest BCUT2D eigenvalue weighted by atomic mass is 16.5. The summed E-state index contributed by atoms with van der Waals surface area (Å²) in [6.07, 6.45) is 0. The molecule has 0 saturated carbocycles. The molecule has 0 fully saturated rings. The monoisotopic (exact) mass is 364 g/mol. The van der Waals surface area contributed by atoms with Gasteiger partial charge in [-0.2, -0.15) is 4.98 Å². The van der Waals surface area contributed by atoms with Gasteiger partial charge in [0.25, 0.3) is 11.8 Å². The van der Waals surface area contributed by atoms with Gasteiger partial charge in [0.05, 0.1) is 0 Å². The Balaban J connectivity index is 1.72. The van der Waals surface area contributed by atoms with E-state index in [1.165, 1.54) is 0 Å². The molecule has 0 atom stereocenters. The van der Waals surface area contributed by atoms with Crippen molar-refractivity contribution < 1.29 is 9.32 Å². The highest BCUT2D eigenvalue weighted by Gasteiger charge is 2.14. The molecule has 1 heterocycles. The molecule has 0 aliphatic rings. The molecule has 0 aliphatic carbocycles. The number of nitrogens with two attached hydrogens (primary N) is 1. The molecule has 0 radical (unpaired) electrons. The average molecular weight is 364 g/mol. The minimum atomic E-state index is -0.0947. The largest absolute Gasteiger partial charge is 0.352 e. The molecule has 0 spiro atoms. The molecule has 3 N–H and O–H groups in total. The van der Waals surface area contributed by atoms with Crippen molar-refractivity contribution in [1.29, 1.82) is 0 Å². The lowest BCUT2D eigenvalue weighted by Gasteiger charge is -2.18. The molecule has 0 bridgehead atoms. The van der Waals surface area contributed by atoms with Crippen molar-refractivity contribution in [3.63, 3.8) is 0 Å². The van der Waals surface area contributed by atoms with Crippen LogP contribution in [0.2, 0.25) is 0 Å². The van der Waals surface area contributed by atoms with E-state index in [1.54, 1.807) is 24.3 Å². The number of hydrogen-bond donors (Lipinski definition) is 2. The first-order valence-electron chi connectivity index (χ1n) is 8.87. The zero-order chi connectivity index (χ0) is 19.4. The maximum Gasteiger partial charge on any atom is 0.258 e. The molecule has 3 rings (SSSR count). The van der Waals surface area contributed by atoms with Crippen molar-refractivity contribution >= 4 is 5.91 Å². The summed E-state index contributed by atoms with van der Waals surface area (Å²) in [7, 11) is 0. The summed E-state index contributed by atoms with van der Waals surface area (Å²) >= 11 is 0. The van der Waals surface area contributed by atoms with Crippen LogP contribution < -0.4 is 11.1 Å². The number of carbonyl (C=O) groups excluding carboxylic acids is 1. The van der Waals surface area contributed by atoms with Crippen molar-refractivity contribution in [3.8, 4) is 22.8 Å². The summed E-state index contributed by atoms with van der Waals surface area (Å²) < 4.78 is 5.37. The van der Waals surface area contributed by atoms with Gasteiger partial charge in [-0.3, -0.25) is 4.79 Å². The van der Waals surface area contributed by atoms with Gasteiger partial charge in [-0.15, -0.1) is 0 Å². The standard InChI is InChI=1S/C21H24N4O2/c1-21(2,3)13-23-19(26)16-8-10-17(11-9-16)20-24-18(25-27-20)15-6-4-14(12-22)5-7-15/h4-11H,12-13,22H2,1-3H3,(H,23,26). The first kappa shape index (κ1) is 18.8. The lowest BCUT2D eigenvalue weighted by Crippen LogP contribution is -2.32. The van der Waals surface area contributed by atoms with E-state index in [1.807, 2.05) is 24.3 Å². The summed E-state index contributed by atoms with van der Waals surface area (Å²) in [5.74, 6) is 0.831. The summed E-state index contributed by atoms with van der Waals surface area (Å²) in [4.78, 5) is 16.6. The predicted octanol–water partition coefficient (Wildman–Crippen LogP) is 3.64. The number of nitrogens with zero attached hydrogens (tertiary/aromatic N) is 2. The van der Waals surface area contributed by atoms with Crippen LogP contribution in [-0.2, 0) is 6.54 Å². The normalized spacial score (nSPS) is 11.4. The number of aromatic nitrogens is 2. The van der Waals surface area contributed by atoms with Gasteiger partial charge in [-0.1, -0.05) is 50.2 Å². The molecular weight excluding hydrogens is 340 g/mol. The summed E-state index contributed by atoms with van der Waals surface area (Å²) in [6, 6.07) is 14.8. The molecule has 3 aromatic rings. The van der Waals surface area contributed by atoms with Crippen LogP contribution in [0.1, 0.15) is 36.7 Å². The van der Waals surface area contributed by atoms with E-state index < -0.39 is 0 Å². The lowest BCUT2D eigenvalue weighted by molar-refractivity contribution is 0.0939. The van der Waals surface area contributed by atoms with Crippen LogP contribution in [0, 0.1) is 5.41 Å². The maximum absolute atomic E-state index is 12.2. The number of hydrogen-bond acceptors (Lipinski definition) is 5. The average Bonchev–Trinajstić information content (AvgIpc) is 3.16. The molecule has 6 heteroatoms. The minimum absolute atomic E-state index is 0.0398. The van der Waals surface area contributed by atoms with Gasteiger partial charge in [0.2, 0.25) is 5.82 Å². The van der Waals surface area contributed by atoms with Gasteiger partial charge < -0.3 is 15.6 Å².